The van der Waals surface area contributed by atoms with Crippen LogP contribution in [0.15, 0.2) is 65.1 Å². The molecule has 0 fully saturated rings. The third kappa shape index (κ3) is 4.30. The van der Waals surface area contributed by atoms with Gasteiger partial charge in [-0.1, -0.05) is 18.2 Å². The van der Waals surface area contributed by atoms with E-state index in [1.165, 1.54) is 19.2 Å². The second-order valence-electron chi connectivity index (χ2n) is 7.04. The molecule has 0 aliphatic carbocycles. The lowest BCUT2D eigenvalue weighted by molar-refractivity contribution is 0.102. The van der Waals surface area contributed by atoms with Crippen LogP contribution in [0.25, 0.3) is 22.6 Å². The second kappa shape index (κ2) is 8.39. The molecular formula is C24H20FN3O3. The number of ether oxygens (including phenoxy) is 1. The maximum atomic E-state index is 13.8. The Morgan fingerprint density at radius 2 is 1.71 bits per heavy atom. The summed E-state index contributed by atoms with van der Waals surface area (Å²) in [5.74, 6) is 0.215. The molecule has 31 heavy (non-hydrogen) atoms. The van der Waals surface area contributed by atoms with E-state index < -0.39 is 5.82 Å². The number of hydrogen-bond acceptors (Lipinski definition) is 5. The average Bonchev–Trinajstić information content (AvgIpc) is 3.20. The molecule has 0 aliphatic heterocycles. The van der Waals surface area contributed by atoms with Crippen LogP contribution in [-0.4, -0.2) is 23.2 Å². The van der Waals surface area contributed by atoms with Crippen molar-refractivity contribution in [2.45, 2.75) is 13.8 Å². The molecule has 0 atom stereocenters. The van der Waals surface area contributed by atoms with Crippen molar-refractivity contribution in [2.75, 3.05) is 12.4 Å². The minimum atomic E-state index is -0.539. The molecule has 0 saturated carbocycles. The smallest absolute Gasteiger partial charge is 0.255 e. The van der Waals surface area contributed by atoms with Crippen LogP contribution in [0, 0.1) is 19.7 Å². The number of hydrogen-bond donors (Lipinski definition) is 1. The Morgan fingerprint density at radius 1 is 0.968 bits per heavy atom. The largest absolute Gasteiger partial charge is 0.494 e. The highest BCUT2D eigenvalue weighted by molar-refractivity contribution is 6.04. The zero-order valence-electron chi connectivity index (χ0n) is 17.3. The molecule has 1 heterocycles. The number of carbonyl (C=O) groups excluding carboxylic acids is 1. The minimum Gasteiger partial charge on any atom is -0.494 e. The van der Waals surface area contributed by atoms with E-state index in [1.807, 2.05) is 37.3 Å². The van der Waals surface area contributed by atoms with Crippen molar-refractivity contribution in [3.05, 3.63) is 83.5 Å². The predicted octanol–water partition coefficient (Wildman–Crippen LogP) is 5.42. The molecule has 4 rings (SSSR count). The van der Waals surface area contributed by atoms with Crippen molar-refractivity contribution in [3.63, 3.8) is 0 Å². The number of aryl methyl sites for hydroxylation is 2. The van der Waals surface area contributed by atoms with Gasteiger partial charge in [0.1, 0.15) is 0 Å². The first-order valence-corrected chi connectivity index (χ1v) is 9.61. The lowest BCUT2D eigenvalue weighted by Crippen LogP contribution is -2.12. The van der Waals surface area contributed by atoms with Crippen LogP contribution in [0.2, 0.25) is 0 Å². The highest BCUT2D eigenvalue weighted by atomic mass is 19.1. The van der Waals surface area contributed by atoms with Crippen LogP contribution in [0.4, 0.5) is 10.1 Å². The maximum Gasteiger partial charge on any atom is 0.255 e. The fraction of sp³-hybridized carbons (Fsp3) is 0.125. The number of rotatable bonds is 5. The first kappa shape index (κ1) is 20.3. The van der Waals surface area contributed by atoms with E-state index in [1.54, 1.807) is 25.1 Å². The van der Waals surface area contributed by atoms with Crippen molar-refractivity contribution in [3.8, 4) is 28.3 Å². The summed E-state index contributed by atoms with van der Waals surface area (Å²) in [5, 5.41) is 10.6. The Balaban J connectivity index is 1.55. The van der Waals surface area contributed by atoms with Gasteiger partial charge >= 0.3 is 0 Å². The number of carbonyl (C=O) groups is 1. The fourth-order valence-corrected chi connectivity index (χ4v) is 3.23. The summed E-state index contributed by atoms with van der Waals surface area (Å²) in [7, 11) is 1.39. The lowest BCUT2D eigenvalue weighted by Gasteiger charge is -2.10. The Labute approximate surface area is 178 Å². The lowest BCUT2D eigenvalue weighted by atomic mass is 9.97. The SMILES string of the molecule is COc1ccc(NC(=O)c2ccc(-c3cc(-c4nnc(C)o4)ccc3C)cc2)cc1F. The van der Waals surface area contributed by atoms with Gasteiger partial charge in [-0.25, -0.2) is 4.39 Å². The zero-order valence-corrected chi connectivity index (χ0v) is 17.3. The predicted molar refractivity (Wildman–Crippen MR) is 116 cm³/mol. The molecule has 0 spiro atoms. The van der Waals surface area contributed by atoms with Crippen molar-refractivity contribution >= 4 is 11.6 Å². The summed E-state index contributed by atoms with van der Waals surface area (Å²) in [5.41, 5.74) is 4.66. The van der Waals surface area contributed by atoms with E-state index in [2.05, 4.69) is 15.5 Å². The molecule has 1 aromatic heterocycles. The Morgan fingerprint density at radius 3 is 2.35 bits per heavy atom. The zero-order chi connectivity index (χ0) is 22.0. The van der Waals surface area contributed by atoms with E-state index in [0.29, 0.717) is 23.0 Å². The van der Waals surface area contributed by atoms with Gasteiger partial charge in [0.2, 0.25) is 11.8 Å². The van der Waals surface area contributed by atoms with Crippen molar-refractivity contribution in [1.29, 1.82) is 0 Å². The van der Waals surface area contributed by atoms with Gasteiger partial charge in [0.25, 0.3) is 5.91 Å². The van der Waals surface area contributed by atoms with Crippen LogP contribution >= 0.6 is 0 Å². The minimum absolute atomic E-state index is 0.121. The molecule has 6 nitrogen and oxygen atoms in total. The normalized spacial score (nSPS) is 10.7. The number of amides is 1. The number of benzene rings is 3. The fourth-order valence-electron chi connectivity index (χ4n) is 3.23. The van der Waals surface area contributed by atoms with Gasteiger partial charge in [0.15, 0.2) is 11.6 Å². The number of nitrogens with zero attached hydrogens (tertiary/aromatic N) is 2. The monoisotopic (exact) mass is 417 g/mol. The first-order valence-electron chi connectivity index (χ1n) is 9.61. The Kier molecular flexibility index (Phi) is 5.49. The molecule has 0 unspecified atom stereocenters. The molecule has 1 amide bonds. The van der Waals surface area contributed by atoms with Crippen molar-refractivity contribution in [2.24, 2.45) is 0 Å². The van der Waals surface area contributed by atoms with Crippen LogP contribution < -0.4 is 10.1 Å². The molecule has 1 N–H and O–H groups in total. The van der Waals surface area contributed by atoms with Gasteiger partial charge in [-0.15, -0.1) is 10.2 Å². The second-order valence-corrected chi connectivity index (χ2v) is 7.04. The number of aromatic nitrogens is 2. The third-order valence-corrected chi connectivity index (χ3v) is 4.88. The number of halogens is 1. The molecular weight excluding hydrogens is 397 g/mol. The van der Waals surface area contributed by atoms with Crippen LogP contribution in [0.1, 0.15) is 21.8 Å². The molecule has 7 heteroatoms. The first-order chi connectivity index (χ1) is 14.9. The van der Waals surface area contributed by atoms with E-state index in [4.69, 9.17) is 9.15 Å². The van der Waals surface area contributed by atoms with E-state index >= 15 is 0 Å². The van der Waals surface area contributed by atoms with Crippen LogP contribution in [-0.2, 0) is 0 Å². The molecule has 0 aliphatic rings. The summed E-state index contributed by atoms with van der Waals surface area (Å²) in [6.07, 6.45) is 0. The topological polar surface area (TPSA) is 77.2 Å². The van der Waals surface area contributed by atoms with Crippen LogP contribution in [0.5, 0.6) is 5.75 Å². The summed E-state index contributed by atoms with van der Waals surface area (Å²) in [6.45, 7) is 3.76. The highest BCUT2D eigenvalue weighted by Gasteiger charge is 2.12. The van der Waals surface area contributed by atoms with Gasteiger partial charge in [-0.05, 0) is 60.0 Å². The van der Waals surface area contributed by atoms with Crippen molar-refractivity contribution < 1.29 is 18.3 Å². The van der Waals surface area contributed by atoms with Gasteiger partial charge < -0.3 is 14.5 Å². The summed E-state index contributed by atoms with van der Waals surface area (Å²) >= 11 is 0. The van der Waals surface area contributed by atoms with Gasteiger partial charge in [-0.3, -0.25) is 4.79 Å². The maximum absolute atomic E-state index is 13.8. The average molecular weight is 417 g/mol. The summed E-state index contributed by atoms with van der Waals surface area (Å²) in [4.78, 5) is 12.5. The van der Waals surface area contributed by atoms with Gasteiger partial charge in [0.05, 0.1) is 7.11 Å². The quantitative estimate of drug-likeness (QED) is 0.469. The third-order valence-electron chi connectivity index (χ3n) is 4.88. The molecule has 156 valence electrons. The van der Waals surface area contributed by atoms with Gasteiger partial charge in [-0.2, -0.15) is 0 Å². The Bertz CT molecular complexity index is 1250. The number of anilines is 1. The van der Waals surface area contributed by atoms with E-state index in [0.717, 1.165) is 22.3 Å². The Hall–Kier alpha value is -4.00. The van der Waals surface area contributed by atoms with E-state index in [-0.39, 0.29) is 11.7 Å². The molecule has 0 bridgehead atoms. The van der Waals surface area contributed by atoms with E-state index in [9.17, 15) is 9.18 Å². The highest BCUT2D eigenvalue weighted by Crippen LogP contribution is 2.29. The number of nitrogens with one attached hydrogen (secondary N) is 1. The summed E-state index contributed by atoms with van der Waals surface area (Å²) < 4.78 is 24.3. The van der Waals surface area contributed by atoms with Crippen LogP contribution in [0.3, 0.4) is 0 Å². The number of methoxy groups -OCH3 is 1. The molecule has 4 aromatic rings. The van der Waals surface area contributed by atoms with Crippen molar-refractivity contribution in [1.82, 2.24) is 10.2 Å². The van der Waals surface area contributed by atoms with Gasteiger partial charge in [0, 0.05) is 29.8 Å². The summed E-state index contributed by atoms with van der Waals surface area (Å²) in [6, 6.07) is 17.4. The molecule has 3 aromatic carbocycles. The molecule has 0 saturated heterocycles. The molecule has 0 radical (unpaired) electrons. The standard InChI is InChI=1S/C24H20FN3O3/c1-14-4-5-18(24-28-27-15(2)31-24)12-20(14)16-6-8-17(9-7-16)23(29)26-19-10-11-22(30-3)21(25)13-19/h4-13H,1-3H3,(H,26,29).